The fourth-order valence-corrected chi connectivity index (χ4v) is 11.5. The number of allylic oxidation sites excluding steroid dienone is 1. The van der Waals surface area contributed by atoms with Crippen LogP contribution in [-0.2, 0) is 14.3 Å². The number of ether oxygens (including phenoxy) is 4. The Kier molecular flexibility index (Phi) is 14.4. The average molecular weight is 781 g/mol. The molecule has 2 aromatic rings. The first-order chi connectivity index (χ1) is 27.4. The molecule has 4 aliphatic carbocycles. The van der Waals surface area contributed by atoms with Gasteiger partial charge in [0.25, 0.3) is 0 Å². The highest BCUT2D eigenvalue weighted by Gasteiger charge is 2.59. The van der Waals surface area contributed by atoms with Gasteiger partial charge in [0.05, 0.1) is 24.3 Å². The van der Waals surface area contributed by atoms with Gasteiger partial charge in [0.1, 0.15) is 17.6 Å². The Bertz CT molecular complexity index is 1710. The Morgan fingerprint density at radius 1 is 0.772 bits per heavy atom. The van der Waals surface area contributed by atoms with Crippen LogP contribution in [0.3, 0.4) is 0 Å². The molecule has 310 valence electrons. The monoisotopic (exact) mass is 780 g/mol. The summed E-state index contributed by atoms with van der Waals surface area (Å²) in [7, 11) is 0. The largest absolute Gasteiger partial charge is 0.494 e. The van der Waals surface area contributed by atoms with E-state index in [-0.39, 0.29) is 17.5 Å². The Balaban J connectivity index is 0.941. The second kappa shape index (κ2) is 19.3. The fourth-order valence-electron chi connectivity index (χ4n) is 11.5. The topological polar surface area (TPSA) is 88.1 Å². The van der Waals surface area contributed by atoms with E-state index < -0.39 is 11.9 Å². The molecule has 0 aromatic heterocycles. The van der Waals surface area contributed by atoms with Gasteiger partial charge in [0.2, 0.25) is 0 Å². The average Bonchev–Trinajstić information content (AvgIpc) is 3.56. The molecule has 0 N–H and O–H groups in total. The summed E-state index contributed by atoms with van der Waals surface area (Å²) in [6, 6.07) is 13.5. The number of hydrogen-bond donors (Lipinski definition) is 0. The van der Waals surface area contributed by atoms with Gasteiger partial charge in [-0.2, -0.15) is 0 Å². The van der Waals surface area contributed by atoms with Crippen LogP contribution in [0.5, 0.6) is 11.5 Å². The molecule has 0 aliphatic heterocycles. The number of fused-ring (bicyclic) bond motifs is 5. The van der Waals surface area contributed by atoms with Crippen molar-refractivity contribution in [2.24, 2.45) is 46.3 Å². The van der Waals surface area contributed by atoms with Crippen LogP contribution in [0.4, 0.5) is 0 Å². The van der Waals surface area contributed by atoms with Crippen molar-refractivity contribution in [1.82, 2.24) is 0 Å². The van der Waals surface area contributed by atoms with E-state index in [1.165, 1.54) is 63.0 Å². The standard InChI is InChI=1S/C50H68O7/c1-7-46(51)55-32-11-9-8-10-31-54-39-20-15-36(16-21-39)47(52)56-40-22-17-37(18-23-40)48(53)57-41-27-29-49(5)38(33-41)19-24-42-44-26-25-43(35(4)14-12-13-34(2)3)50(44,6)30-28-45(42)49/h7,15-23,34-35,41-45H,1,8-14,24-33H2,2-6H3/t35-,41?,42+,43-,44+,45+,49+,50-/m1/s1. The predicted molar refractivity (Wildman–Crippen MR) is 225 cm³/mol. The van der Waals surface area contributed by atoms with E-state index in [4.69, 9.17) is 18.9 Å². The van der Waals surface area contributed by atoms with E-state index in [1.54, 1.807) is 48.5 Å². The molecule has 57 heavy (non-hydrogen) atoms. The van der Waals surface area contributed by atoms with E-state index >= 15 is 0 Å². The van der Waals surface area contributed by atoms with Gasteiger partial charge in [-0.25, -0.2) is 14.4 Å². The summed E-state index contributed by atoms with van der Waals surface area (Å²) in [5, 5.41) is 0. The Morgan fingerprint density at radius 3 is 2.16 bits per heavy atom. The van der Waals surface area contributed by atoms with Gasteiger partial charge in [-0.15, -0.1) is 0 Å². The molecule has 8 atom stereocenters. The molecule has 3 fully saturated rings. The highest BCUT2D eigenvalue weighted by atomic mass is 16.5. The summed E-state index contributed by atoms with van der Waals surface area (Å²) in [5.74, 6) is 4.69. The van der Waals surface area contributed by atoms with E-state index in [9.17, 15) is 14.4 Å². The zero-order valence-corrected chi connectivity index (χ0v) is 35.4. The van der Waals surface area contributed by atoms with E-state index in [0.29, 0.717) is 41.3 Å². The summed E-state index contributed by atoms with van der Waals surface area (Å²) in [4.78, 5) is 37.2. The summed E-state index contributed by atoms with van der Waals surface area (Å²) in [6.45, 7) is 16.8. The fraction of sp³-hybridized carbons (Fsp3) is 0.620. The third kappa shape index (κ3) is 10.2. The first-order valence-corrected chi connectivity index (χ1v) is 22.2. The quantitative estimate of drug-likeness (QED) is 0.0489. The summed E-state index contributed by atoms with van der Waals surface area (Å²) in [6.07, 6.45) is 20.8. The molecule has 0 heterocycles. The lowest BCUT2D eigenvalue weighted by molar-refractivity contribution is -0.137. The zero-order valence-electron chi connectivity index (χ0n) is 35.4. The third-order valence-corrected chi connectivity index (χ3v) is 14.6. The molecule has 4 aliphatic rings. The molecule has 1 unspecified atom stereocenters. The van der Waals surface area contributed by atoms with Crippen molar-refractivity contribution >= 4 is 17.9 Å². The number of rotatable bonds is 18. The van der Waals surface area contributed by atoms with Crippen molar-refractivity contribution in [3.05, 3.63) is 84.0 Å². The SMILES string of the molecule is C=CC(=O)OCCCCCCOc1ccc(C(=O)Oc2ccc(C(=O)OC3CC[C@@]4(C)C(=CC[C@H]5[C@@H]6CC[C@H]([C@H](C)CCCC(C)C)[C@@]6(C)CC[C@@H]54)C3)cc2)cc1. The van der Waals surface area contributed by atoms with Crippen molar-refractivity contribution in [2.75, 3.05) is 13.2 Å². The number of benzene rings is 2. The van der Waals surface area contributed by atoms with Crippen LogP contribution < -0.4 is 9.47 Å². The lowest BCUT2D eigenvalue weighted by Gasteiger charge is -2.58. The van der Waals surface area contributed by atoms with Gasteiger partial charge in [0.15, 0.2) is 0 Å². The van der Waals surface area contributed by atoms with Crippen LogP contribution in [0.25, 0.3) is 0 Å². The van der Waals surface area contributed by atoms with Crippen molar-refractivity contribution in [2.45, 2.75) is 137 Å². The normalized spacial score (nSPS) is 28.2. The summed E-state index contributed by atoms with van der Waals surface area (Å²) < 4.78 is 22.5. The van der Waals surface area contributed by atoms with Gasteiger partial charge in [-0.05, 0) is 165 Å². The molecule has 0 radical (unpaired) electrons. The number of unbranched alkanes of at least 4 members (excludes halogenated alkanes) is 3. The molecule has 7 nitrogen and oxygen atoms in total. The highest BCUT2D eigenvalue weighted by Crippen LogP contribution is 2.67. The lowest BCUT2D eigenvalue weighted by Crippen LogP contribution is -2.51. The summed E-state index contributed by atoms with van der Waals surface area (Å²) in [5.41, 5.74) is 3.08. The maximum absolute atomic E-state index is 13.3. The molecule has 7 heteroatoms. The maximum Gasteiger partial charge on any atom is 0.343 e. The minimum Gasteiger partial charge on any atom is -0.494 e. The van der Waals surface area contributed by atoms with Crippen LogP contribution >= 0.6 is 0 Å². The van der Waals surface area contributed by atoms with Crippen LogP contribution in [0.2, 0.25) is 0 Å². The second-order valence-electron chi connectivity index (χ2n) is 18.6. The maximum atomic E-state index is 13.3. The number of carbonyl (C=O) groups is 3. The highest BCUT2D eigenvalue weighted by molar-refractivity contribution is 5.92. The molecule has 3 saturated carbocycles. The Labute approximate surface area is 342 Å². The molecular weight excluding hydrogens is 713 g/mol. The van der Waals surface area contributed by atoms with Crippen molar-refractivity contribution < 1.29 is 33.3 Å². The van der Waals surface area contributed by atoms with Gasteiger partial charge < -0.3 is 18.9 Å². The van der Waals surface area contributed by atoms with Crippen LogP contribution in [0.1, 0.15) is 152 Å². The van der Waals surface area contributed by atoms with Gasteiger partial charge in [0, 0.05) is 12.5 Å². The van der Waals surface area contributed by atoms with Crippen molar-refractivity contribution in [3.8, 4) is 11.5 Å². The van der Waals surface area contributed by atoms with Crippen LogP contribution in [0.15, 0.2) is 72.8 Å². The summed E-state index contributed by atoms with van der Waals surface area (Å²) >= 11 is 0. The van der Waals surface area contributed by atoms with E-state index in [2.05, 4.69) is 47.3 Å². The van der Waals surface area contributed by atoms with Crippen molar-refractivity contribution in [3.63, 3.8) is 0 Å². The van der Waals surface area contributed by atoms with Crippen molar-refractivity contribution in [1.29, 1.82) is 0 Å². The first-order valence-electron chi connectivity index (χ1n) is 22.2. The number of esters is 3. The van der Waals surface area contributed by atoms with E-state index in [1.807, 2.05) is 0 Å². The number of carbonyl (C=O) groups excluding carboxylic acids is 3. The van der Waals surface area contributed by atoms with Crippen LogP contribution in [-0.4, -0.2) is 37.2 Å². The molecule has 0 bridgehead atoms. The molecule has 0 saturated heterocycles. The van der Waals surface area contributed by atoms with E-state index in [0.717, 1.165) is 80.5 Å². The van der Waals surface area contributed by atoms with Gasteiger partial charge in [-0.1, -0.05) is 72.1 Å². The smallest absolute Gasteiger partial charge is 0.343 e. The minimum atomic E-state index is -0.482. The molecule has 0 amide bonds. The third-order valence-electron chi connectivity index (χ3n) is 14.6. The lowest BCUT2D eigenvalue weighted by atomic mass is 9.47. The predicted octanol–water partition coefficient (Wildman–Crippen LogP) is 12.1. The number of hydrogen-bond acceptors (Lipinski definition) is 7. The molecule has 2 aromatic carbocycles. The zero-order chi connectivity index (χ0) is 40.6. The van der Waals surface area contributed by atoms with Crippen LogP contribution in [0, 0.1) is 46.3 Å². The molecule has 0 spiro atoms. The first kappa shape index (κ1) is 42.7. The molecule has 6 rings (SSSR count). The minimum absolute atomic E-state index is 0.116. The molecular formula is C50H68O7. The van der Waals surface area contributed by atoms with Gasteiger partial charge >= 0.3 is 17.9 Å². The Morgan fingerprint density at radius 2 is 1.46 bits per heavy atom. The van der Waals surface area contributed by atoms with Gasteiger partial charge in [-0.3, -0.25) is 0 Å². The Hall–Kier alpha value is -3.87. The second-order valence-corrected chi connectivity index (χ2v) is 18.6.